The molecule has 1 aromatic heterocycles. The van der Waals surface area contributed by atoms with Crippen molar-refractivity contribution >= 4 is 28.0 Å². The normalized spacial score (nSPS) is 19.0. The van der Waals surface area contributed by atoms with Gasteiger partial charge < -0.3 is 4.90 Å². The van der Waals surface area contributed by atoms with Crippen LogP contribution in [0.5, 0.6) is 0 Å². The van der Waals surface area contributed by atoms with Gasteiger partial charge in [0.25, 0.3) is 0 Å². The van der Waals surface area contributed by atoms with Crippen LogP contribution in [0.1, 0.15) is 29.1 Å². The lowest BCUT2D eigenvalue weighted by atomic mass is 9.95. The zero-order valence-electron chi connectivity index (χ0n) is 18.9. The highest BCUT2D eigenvalue weighted by atomic mass is 32.1. The third-order valence-electron chi connectivity index (χ3n) is 6.95. The number of benzene rings is 2. The summed E-state index contributed by atoms with van der Waals surface area (Å²) in [6, 6.07) is 15.2. The molecule has 2 aliphatic rings. The molecule has 2 fully saturated rings. The van der Waals surface area contributed by atoms with E-state index in [1.165, 1.54) is 22.0 Å². The number of thiazole rings is 1. The summed E-state index contributed by atoms with van der Waals surface area (Å²) >= 11 is 1.72. The number of hydrogen-bond acceptors (Lipinski definition) is 5. The molecular weight excluding hydrogens is 416 g/mol. The van der Waals surface area contributed by atoms with E-state index >= 15 is 0 Å². The highest BCUT2D eigenvalue weighted by Gasteiger charge is 2.30. The smallest absolute Gasteiger partial charge is 0.225 e. The monoisotopic (exact) mass is 448 g/mol. The van der Waals surface area contributed by atoms with E-state index in [4.69, 9.17) is 0 Å². The summed E-state index contributed by atoms with van der Waals surface area (Å²) < 4.78 is 0. The van der Waals surface area contributed by atoms with Crippen LogP contribution in [-0.2, 0) is 17.9 Å². The molecule has 168 valence electrons. The molecule has 0 aliphatic carbocycles. The molecule has 3 aromatic rings. The second kappa shape index (κ2) is 9.69. The van der Waals surface area contributed by atoms with Gasteiger partial charge in [0, 0.05) is 50.6 Å². The van der Waals surface area contributed by atoms with Crippen molar-refractivity contribution in [3.63, 3.8) is 0 Å². The van der Waals surface area contributed by atoms with E-state index in [0.717, 1.165) is 70.2 Å². The summed E-state index contributed by atoms with van der Waals surface area (Å²) in [6.07, 6.45) is 1.94. The number of likely N-dealkylation sites (tertiary alicyclic amines) is 1. The number of piperazine rings is 1. The van der Waals surface area contributed by atoms with E-state index in [1.807, 2.05) is 0 Å². The molecule has 2 aliphatic heterocycles. The first-order valence-electron chi connectivity index (χ1n) is 11.8. The molecule has 1 amide bonds. The Morgan fingerprint density at radius 1 is 0.938 bits per heavy atom. The van der Waals surface area contributed by atoms with Gasteiger partial charge in [0.15, 0.2) is 0 Å². The standard InChI is InChI=1S/C26H32N4OS/c1-20-27-24(19-32-20)18-28-11-9-22(10-12-28)26(31)30-15-13-29(14-16-30)17-23-7-4-6-21-5-2-3-8-25(21)23/h2-8,19,22H,9-18H2,1H3. The number of aryl methyl sites for hydroxylation is 1. The number of amides is 1. The molecule has 5 nitrogen and oxygen atoms in total. The van der Waals surface area contributed by atoms with Gasteiger partial charge in [0.05, 0.1) is 10.7 Å². The molecule has 2 saturated heterocycles. The largest absolute Gasteiger partial charge is 0.340 e. The Balaban J connectivity index is 1.10. The minimum atomic E-state index is 0.188. The Morgan fingerprint density at radius 2 is 1.66 bits per heavy atom. The third-order valence-corrected chi connectivity index (χ3v) is 7.77. The lowest BCUT2D eigenvalue weighted by molar-refractivity contribution is -0.139. The number of carbonyl (C=O) groups is 1. The molecule has 0 N–H and O–H groups in total. The Labute approximate surface area is 194 Å². The van der Waals surface area contributed by atoms with Crippen molar-refractivity contribution in [2.75, 3.05) is 39.3 Å². The van der Waals surface area contributed by atoms with Gasteiger partial charge in [-0.3, -0.25) is 14.6 Å². The van der Waals surface area contributed by atoms with Crippen LogP contribution in [0, 0.1) is 12.8 Å². The van der Waals surface area contributed by atoms with Crippen molar-refractivity contribution in [2.24, 2.45) is 5.92 Å². The predicted molar refractivity (Wildman–Crippen MR) is 131 cm³/mol. The van der Waals surface area contributed by atoms with Gasteiger partial charge in [-0.15, -0.1) is 11.3 Å². The maximum atomic E-state index is 13.1. The van der Waals surface area contributed by atoms with E-state index in [0.29, 0.717) is 5.91 Å². The van der Waals surface area contributed by atoms with Crippen molar-refractivity contribution in [3.8, 4) is 0 Å². The maximum Gasteiger partial charge on any atom is 0.225 e. The predicted octanol–water partition coefficient (Wildman–Crippen LogP) is 4.16. The molecule has 6 heteroatoms. The maximum absolute atomic E-state index is 13.1. The molecule has 32 heavy (non-hydrogen) atoms. The number of aromatic nitrogens is 1. The van der Waals surface area contributed by atoms with E-state index in [9.17, 15) is 4.79 Å². The minimum absolute atomic E-state index is 0.188. The summed E-state index contributed by atoms with van der Waals surface area (Å²) in [5.41, 5.74) is 2.55. The van der Waals surface area contributed by atoms with Crippen LogP contribution >= 0.6 is 11.3 Å². The fourth-order valence-corrected chi connectivity index (χ4v) is 5.71. The van der Waals surface area contributed by atoms with Crippen LogP contribution in [0.15, 0.2) is 47.8 Å². The highest BCUT2D eigenvalue weighted by molar-refractivity contribution is 7.09. The molecule has 0 unspecified atom stereocenters. The fourth-order valence-electron chi connectivity index (χ4n) is 5.10. The van der Waals surface area contributed by atoms with Crippen LogP contribution in [0.25, 0.3) is 10.8 Å². The Morgan fingerprint density at radius 3 is 2.41 bits per heavy atom. The van der Waals surface area contributed by atoms with Crippen molar-refractivity contribution in [2.45, 2.75) is 32.9 Å². The number of fused-ring (bicyclic) bond motifs is 1. The highest BCUT2D eigenvalue weighted by Crippen LogP contribution is 2.24. The first kappa shape index (κ1) is 21.6. The Bertz CT molecular complexity index is 1060. The zero-order valence-corrected chi connectivity index (χ0v) is 19.7. The van der Waals surface area contributed by atoms with Crippen molar-refractivity contribution < 1.29 is 4.79 Å². The summed E-state index contributed by atoms with van der Waals surface area (Å²) in [7, 11) is 0. The minimum Gasteiger partial charge on any atom is -0.340 e. The average Bonchev–Trinajstić information content (AvgIpc) is 3.24. The van der Waals surface area contributed by atoms with Gasteiger partial charge in [-0.1, -0.05) is 42.5 Å². The first-order chi connectivity index (χ1) is 15.7. The number of piperidine rings is 1. The molecule has 0 bridgehead atoms. The number of hydrogen-bond donors (Lipinski definition) is 0. The summed E-state index contributed by atoms with van der Waals surface area (Å²) in [4.78, 5) is 24.8. The average molecular weight is 449 g/mol. The number of rotatable bonds is 5. The van der Waals surface area contributed by atoms with E-state index < -0.39 is 0 Å². The third kappa shape index (κ3) is 4.87. The SMILES string of the molecule is Cc1nc(CN2CCC(C(=O)N3CCN(Cc4cccc5ccccc45)CC3)CC2)cs1. The lowest BCUT2D eigenvalue weighted by Crippen LogP contribution is -2.51. The van der Waals surface area contributed by atoms with Gasteiger partial charge in [-0.25, -0.2) is 4.98 Å². The number of nitrogens with zero attached hydrogens (tertiary/aromatic N) is 4. The van der Waals surface area contributed by atoms with Gasteiger partial charge in [0.2, 0.25) is 5.91 Å². The van der Waals surface area contributed by atoms with Crippen molar-refractivity contribution in [3.05, 3.63) is 64.1 Å². The van der Waals surface area contributed by atoms with Crippen LogP contribution in [0.4, 0.5) is 0 Å². The Hall–Kier alpha value is -2.28. The van der Waals surface area contributed by atoms with Crippen molar-refractivity contribution in [1.82, 2.24) is 19.7 Å². The van der Waals surface area contributed by atoms with Gasteiger partial charge >= 0.3 is 0 Å². The quantitative estimate of drug-likeness (QED) is 0.588. The van der Waals surface area contributed by atoms with Crippen LogP contribution in [0.3, 0.4) is 0 Å². The fraction of sp³-hybridized carbons (Fsp3) is 0.462. The molecule has 3 heterocycles. The second-order valence-corrected chi connectivity index (χ2v) is 10.2. The van der Waals surface area contributed by atoms with Gasteiger partial charge in [0.1, 0.15) is 0 Å². The molecule has 0 saturated carbocycles. The molecule has 5 rings (SSSR count). The van der Waals surface area contributed by atoms with Crippen LogP contribution in [-0.4, -0.2) is 64.9 Å². The second-order valence-electron chi connectivity index (χ2n) is 9.15. The lowest BCUT2D eigenvalue weighted by Gasteiger charge is -2.38. The zero-order chi connectivity index (χ0) is 21.9. The van der Waals surface area contributed by atoms with Gasteiger partial charge in [-0.2, -0.15) is 0 Å². The Kier molecular flexibility index (Phi) is 6.53. The van der Waals surface area contributed by atoms with Crippen molar-refractivity contribution in [1.29, 1.82) is 0 Å². The summed E-state index contributed by atoms with van der Waals surface area (Å²) in [5, 5.41) is 5.93. The molecule has 2 aromatic carbocycles. The molecule has 0 atom stereocenters. The summed E-state index contributed by atoms with van der Waals surface area (Å²) in [5.74, 6) is 0.562. The first-order valence-corrected chi connectivity index (χ1v) is 12.6. The molecular formula is C26H32N4OS. The topological polar surface area (TPSA) is 39.7 Å². The van der Waals surface area contributed by atoms with Crippen LogP contribution in [0.2, 0.25) is 0 Å². The van der Waals surface area contributed by atoms with E-state index in [1.54, 1.807) is 11.3 Å². The van der Waals surface area contributed by atoms with E-state index in [-0.39, 0.29) is 5.92 Å². The van der Waals surface area contributed by atoms with Gasteiger partial charge in [-0.05, 0) is 49.2 Å². The summed E-state index contributed by atoms with van der Waals surface area (Å²) in [6.45, 7) is 9.52. The molecule has 0 radical (unpaired) electrons. The number of carbonyl (C=O) groups excluding carboxylic acids is 1. The van der Waals surface area contributed by atoms with Crippen LogP contribution < -0.4 is 0 Å². The molecule has 0 spiro atoms. The van der Waals surface area contributed by atoms with E-state index in [2.05, 4.69) is 74.5 Å².